The van der Waals surface area contributed by atoms with Crippen molar-refractivity contribution in [1.82, 2.24) is 0 Å². The van der Waals surface area contributed by atoms with E-state index in [1.807, 2.05) is 0 Å². The first-order valence-corrected chi connectivity index (χ1v) is 4.00. The molecule has 0 aliphatic carbocycles. The van der Waals surface area contributed by atoms with Crippen LogP contribution < -0.4 is 0 Å². The van der Waals surface area contributed by atoms with Crippen molar-refractivity contribution in [2.75, 3.05) is 20.8 Å². The molecule has 60 valence electrons. The van der Waals surface area contributed by atoms with Crippen LogP contribution in [0.3, 0.4) is 0 Å². The van der Waals surface area contributed by atoms with Crippen molar-refractivity contribution in [3.8, 4) is 0 Å². The summed E-state index contributed by atoms with van der Waals surface area (Å²) in [6.45, 7) is -0.834. The number of aliphatic hydroxyl groups is 1. The van der Waals surface area contributed by atoms with Crippen LogP contribution in [0.1, 0.15) is 0 Å². The summed E-state index contributed by atoms with van der Waals surface area (Å²) in [6.07, 6.45) is 0. The number of hydrogen-bond acceptors (Lipinski definition) is 5. The molecule has 0 aliphatic heterocycles. The van der Waals surface area contributed by atoms with Gasteiger partial charge in [0.25, 0.3) is 5.52 Å². The summed E-state index contributed by atoms with van der Waals surface area (Å²) < 4.78 is 19.5. The second-order valence-electron chi connectivity index (χ2n) is 1.41. The van der Waals surface area contributed by atoms with E-state index in [0.29, 0.717) is 0 Å². The standard InChI is InChI=1S/C4H9O5P/c1-8-10(7,9-2)4(6)3-5/h5H,3H2,1-2H3. The zero-order chi connectivity index (χ0) is 8.20. The molecule has 0 aromatic heterocycles. The van der Waals surface area contributed by atoms with Crippen LogP contribution in [-0.2, 0) is 18.4 Å². The third-order valence-corrected chi connectivity index (χ3v) is 2.64. The molecule has 0 saturated carbocycles. The van der Waals surface area contributed by atoms with Gasteiger partial charge in [-0.1, -0.05) is 0 Å². The fraction of sp³-hybridized carbons (Fsp3) is 0.750. The average Bonchev–Trinajstić information content (AvgIpc) is 2.01. The first kappa shape index (κ1) is 9.78. The Labute approximate surface area is 58.5 Å². The monoisotopic (exact) mass is 168 g/mol. The van der Waals surface area contributed by atoms with Gasteiger partial charge in [0.1, 0.15) is 6.61 Å². The normalized spacial score (nSPS) is 11.5. The largest absolute Gasteiger partial charge is 0.398 e. The Morgan fingerprint density at radius 3 is 2.00 bits per heavy atom. The van der Waals surface area contributed by atoms with E-state index in [9.17, 15) is 9.36 Å². The van der Waals surface area contributed by atoms with Crippen LogP contribution in [0.4, 0.5) is 0 Å². The topological polar surface area (TPSA) is 72.8 Å². The van der Waals surface area contributed by atoms with E-state index in [-0.39, 0.29) is 0 Å². The lowest BCUT2D eigenvalue weighted by molar-refractivity contribution is -0.116. The Kier molecular flexibility index (Phi) is 3.75. The number of carbonyl (C=O) groups excluding carboxylic acids is 1. The van der Waals surface area contributed by atoms with Crippen LogP contribution in [0.15, 0.2) is 0 Å². The lowest BCUT2D eigenvalue weighted by atomic mass is 10.8. The second kappa shape index (κ2) is 3.83. The summed E-state index contributed by atoms with van der Waals surface area (Å²) in [4.78, 5) is 10.5. The van der Waals surface area contributed by atoms with Gasteiger partial charge in [-0.2, -0.15) is 0 Å². The third kappa shape index (κ3) is 1.88. The molecule has 0 aliphatic rings. The fourth-order valence-corrected chi connectivity index (χ4v) is 1.09. The van der Waals surface area contributed by atoms with Gasteiger partial charge in [0.15, 0.2) is 0 Å². The van der Waals surface area contributed by atoms with E-state index in [4.69, 9.17) is 5.11 Å². The highest BCUT2D eigenvalue weighted by Crippen LogP contribution is 2.46. The zero-order valence-corrected chi connectivity index (χ0v) is 6.63. The Hall–Kier alpha value is -0.220. The second-order valence-corrected chi connectivity index (χ2v) is 3.64. The van der Waals surface area contributed by atoms with Crippen molar-refractivity contribution in [3.63, 3.8) is 0 Å². The number of rotatable bonds is 4. The maximum Gasteiger partial charge on any atom is 0.398 e. The van der Waals surface area contributed by atoms with Gasteiger partial charge < -0.3 is 14.2 Å². The van der Waals surface area contributed by atoms with Crippen molar-refractivity contribution in [2.45, 2.75) is 0 Å². The molecule has 0 aromatic carbocycles. The molecule has 0 rings (SSSR count). The summed E-state index contributed by atoms with van der Waals surface area (Å²) in [5.74, 6) is 0. The van der Waals surface area contributed by atoms with Gasteiger partial charge in [0.05, 0.1) is 0 Å². The highest BCUT2D eigenvalue weighted by molar-refractivity contribution is 7.71. The molecule has 0 unspecified atom stereocenters. The van der Waals surface area contributed by atoms with Crippen molar-refractivity contribution in [1.29, 1.82) is 0 Å². The molecule has 0 spiro atoms. The highest BCUT2D eigenvalue weighted by Gasteiger charge is 2.30. The molecule has 0 bridgehead atoms. The molecule has 0 amide bonds. The highest BCUT2D eigenvalue weighted by atomic mass is 31.2. The SMILES string of the molecule is COP(=O)(OC)C(=O)CO. The fourth-order valence-electron chi connectivity index (χ4n) is 0.365. The molecule has 0 atom stereocenters. The molecular weight excluding hydrogens is 159 g/mol. The predicted octanol–water partition coefficient (Wildman–Crippen LogP) is -0.00880. The van der Waals surface area contributed by atoms with Crippen molar-refractivity contribution < 1.29 is 23.5 Å². The summed E-state index contributed by atoms with van der Waals surface area (Å²) in [5.41, 5.74) is -0.933. The van der Waals surface area contributed by atoms with Crippen LogP contribution in [0.5, 0.6) is 0 Å². The van der Waals surface area contributed by atoms with Crippen LogP contribution in [0, 0.1) is 0 Å². The maximum absolute atomic E-state index is 10.9. The molecular formula is C4H9O5P. The number of hydrogen-bond donors (Lipinski definition) is 1. The quantitative estimate of drug-likeness (QED) is 0.597. The van der Waals surface area contributed by atoms with Crippen molar-refractivity contribution >= 4 is 13.1 Å². The van der Waals surface area contributed by atoms with Gasteiger partial charge in [-0.05, 0) is 0 Å². The Morgan fingerprint density at radius 2 is 1.90 bits per heavy atom. The molecule has 6 heteroatoms. The van der Waals surface area contributed by atoms with Crippen molar-refractivity contribution in [3.05, 3.63) is 0 Å². The lowest BCUT2D eigenvalue weighted by Gasteiger charge is -2.09. The first-order chi connectivity index (χ1) is 4.60. The first-order valence-electron chi connectivity index (χ1n) is 2.46. The van der Waals surface area contributed by atoms with E-state index in [2.05, 4.69) is 9.05 Å². The van der Waals surface area contributed by atoms with Gasteiger partial charge in [-0.3, -0.25) is 9.36 Å². The Bertz CT molecular complexity index is 157. The van der Waals surface area contributed by atoms with Crippen LogP contribution in [-0.4, -0.2) is 31.5 Å². The smallest absolute Gasteiger partial charge is 0.388 e. The van der Waals surface area contributed by atoms with Crippen molar-refractivity contribution in [2.24, 2.45) is 0 Å². The minimum atomic E-state index is -3.66. The molecule has 0 saturated heterocycles. The van der Waals surface area contributed by atoms with Gasteiger partial charge in [0, 0.05) is 14.2 Å². The summed E-state index contributed by atoms with van der Waals surface area (Å²) >= 11 is 0. The molecule has 0 aromatic rings. The third-order valence-electron chi connectivity index (χ3n) is 0.921. The Morgan fingerprint density at radius 1 is 1.50 bits per heavy atom. The van der Waals surface area contributed by atoms with E-state index in [1.165, 1.54) is 0 Å². The van der Waals surface area contributed by atoms with E-state index in [0.717, 1.165) is 14.2 Å². The Balaban J connectivity index is 4.34. The zero-order valence-electron chi connectivity index (χ0n) is 5.73. The predicted molar refractivity (Wildman–Crippen MR) is 33.7 cm³/mol. The van der Waals surface area contributed by atoms with E-state index >= 15 is 0 Å². The van der Waals surface area contributed by atoms with Gasteiger partial charge in [-0.25, -0.2) is 0 Å². The molecule has 0 fully saturated rings. The van der Waals surface area contributed by atoms with E-state index < -0.39 is 19.7 Å². The number of carbonyl (C=O) groups is 1. The minimum absolute atomic E-state index is 0.834. The van der Waals surface area contributed by atoms with Crippen LogP contribution >= 0.6 is 7.60 Å². The average molecular weight is 168 g/mol. The minimum Gasteiger partial charge on any atom is -0.388 e. The lowest BCUT2D eigenvalue weighted by Crippen LogP contribution is -2.07. The molecule has 0 radical (unpaired) electrons. The van der Waals surface area contributed by atoms with Gasteiger partial charge in [-0.15, -0.1) is 0 Å². The summed E-state index contributed by atoms with van der Waals surface area (Å²) in [6, 6.07) is 0. The maximum atomic E-state index is 10.9. The summed E-state index contributed by atoms with van der Waals surface area (Å²) in [5, 5.41) is 8.25. The number of aliphatic hydroxyl groups excluding tert-OH is 1. The molecule has 5 nitrogen and oxygen atoms in total. The van der Waals surface area contributed by atoms with Gasteiger partial charge in [0.2, 0.25) is 0 Å². The molecule has 0 heterocycles. The van der Waals surface area contributed by atoms with Crippen LogP contribution in [0.25, 0.3) is 0 Å². The molecule has 1 N–H and O–H groups in total. The summed E-state index contributed by atoms with van der Waals surface area (Å²) in [7, 11) is -1.50. The van der Waals surface area contributed by atoms with Crippen LogP contribution in [0.2, 0.25) is 0 Å². The van der Waals surface area contributed by atoms with Gasteiger partial charge >= 0.3 is 7.60 Å². The molecule has 10 heavy (non-hydrogen) atoms. The van der Waals surface area contributed by atoms with E-state index in [1.54, 1.807) is 0 Å².